The van der Waals surface area contributed by atoms with Crippen molar-refractivity contribution in [2.45, 2.75) is 25.0 Å². The third kappa shape index (κ3) is 3.66. The molecule has 3 heterocycles. The maximum absolute atomic E-state index is 12.8. The largest absolute Gasteiger partial charge is 0.463 e. The number of esters is 1. The van der Waals surface area contributed by atoms with Gasteiger partial charge in [-0.3, -0.25) is 4.79 Å². The Bertz CT molecular complexity index is 969. The van der Waals surface area contributed by atoms with Gasteiger partial charge in [0.15, 0.2) is 5.58 Å². The molecule has 7 heteroatoms. The van der Waals surface area contributed by atoms with E-state index < -0.39 is 12.1 Å². The molecule has 1 aliphatic rings. The average Bonchev–Trinajstić information content (AvgIpc) is 3.44. The van der Waals surface area contributed by atoms with Gasteiger partial charge in [-0.2, -0.15) is 0 Å². The fourth-order valence-electron chi connectivity index (χ4n) is 3.43. The second-order valence-electron chi connectivity index (χ2n) is 6.83. The van der Waals surface area contributed by atoms with Gasteiger partial charge in [0.1, 0.15) is 5.69 Å². The van der Waals surface area contributed by atoms with E-state index in [1.807, 2.05) is 6.07 Å². The van der Waals surface area contributed by atoms with E-state index in [9.17, 15) is 9.59 Å². The number of benzene rings is 1. The molecule has 2 aromatic heterocycles. The molecule has 0 unspecified atom stereocenters. The Labute approximate surface area is 162 Å². The van der Waals surface area contributed by atoms with Crippen LogP contribution in [0, 0.1) is 0 Å². The van der Waals surface area contributed by atoms with Gasteiger partial charge in [0.05, 0.1) is 17.9 Å². The van der Waals surface area contributed by atoms with Crippen LogP contribution in [-0.2, 0) is 21.3 Å². The predicted octanol–water partition coefficient (Wildman–Crippen LogP) is 2.96. The molecule has 146 valence electrons. The van der Waals surface area contributed by atoms with E-state index in [4.69, 9.17) is 13.9 Å². The molecule has 28 heavy (non-hydrogen) atoms. The van der Waals surface area contributed by atoms with Crippen molar-refractivity contribution in [3.05, 3.63) is 60.0 Å². The maximum Gasteiger partial charge on any atom is 0.356 e. The van der Waals surface area contributed by atoms with Gasteiger partial charge in [-0.05, 0) is 12.8 Å². The number of nitrogens with zero attached hydrogens (tertiary/aromatic N) is 1. The topological polar surface area (TPSA) is 82.7 Å². The highest BCUT2D eigenvalue weighted by atomic mass is 16.5. The first kappa shape index (κ1) is 18.3. The van der Waals surface area contributed by atoms with E-state index in [2.05, 4.69) is 5.32 Å². The number of carbonyl (C=O) groups is 2. The van der Waals surface area contributed by atoms with Gasteiger partial charge >= 0.3 is 5.97 Å². The lowest BCUT2D eigenvalue weighted by molar-refractivity contribution is -0.130. The molecule has 1 amide bonds. The van der Waals surface area contributed by atoms with Crippen LogP contribution in [0.15, 0.2) is 53.1 Å². The first-order valence-corrected chi connectivity index (χ1v) is 9.31. The van der Waals surface area contributed by atoms with Crippen LogP contribution >= 0.6 is 0 Å². The minimum atomic E-state index is -1.05. The molecule has 1 aliphatic heterocycles. The van der Waals surface area contributed by atoms with Gasteiger partial charge in [-0.15, -0.1) is 0 Å². The first-order valence-electron chi connectivity index (χ1n) is 9.31. The van der Waals surface area contributed by atoms with Crippen LogP contribution in [0.2, 0.25) is 0 Å². The average molecular weight is 382 g/mol. The number of nitrogens with one attached hydrogen (secondary N) is 1. The molecule has 1 saturated heterocycles. The Kier molecular flexibility index (Phi) is 5.16. The summed E-state index contributed by atoms with van der Waals surface area (Å²) in [6.45, 7) is 1.11. The van der Waals surface area contributed by atoms with Crippen molar-refractivity contribution in [1.82, 2.24) is 9.88 Å². The molecule has 1 fully saturated rings. The first-order chi connectivity index (χ1) is 13.6. The zero-order chi connectivity index (χ0) is 19.5. The summed E-state index contributed by atoms with van der Waals surface area (Å²) in [5.74, 6) is -0.956. The molecule has 0 saturated carbocycles. The summed E-state index contributed by atoms with van der Waals surface area (Å²) in [6.07, 6.45) is 2.43. The minimum Gasteiger partial charge on any atom is -0.463 e. The molecule has 1 aromatic carbocycles. The van der Waals surface area contributed by atoms with Gasteiger partial charge in [0.2, 0.25) is 6.10 Å². The van der Waals surface area contributed by atoms with Crippen molar-refractivity contribution in [3.8, 4) is 0 Å². The number of ether oxygens (including phenoxy) is 2. The number of furan rings is 1. The van der Waals surface area contributed by atoms with Crippen molar-refractivity contribution in [1.29, 1.82) is 0 Å². The number of aromatic nitrogens is 1. The van der Waals surface area contributed by atoms with Crippen molar-refractivity contribution >= 4 is 23.0 Å². The van der Waals surface area contributed by atoms with Gasteiger partial charge in [-0.25, -0.2) is 4.79 Å². The quantitative estimate of drug-likeness (QED) is 0.663. The van der Waals surface area contributed by atoms with E-state index in [-0.39, 0.29) is 12.0 Å². The number of hydrogen-bond acceptors (Lipinski definition) is 5. The Hall–Kier alpha value is -3.06. The van der Waals surface area contributed by atoms with E-state index in [1.165, 1.54) is 0 Å². The Morgan fingerprint density at radius 2 is 2.11 bits per heavy atom. The highest BCUT2D eigenvalue weighted by Crippen LogP contribution is 2.24. The Morgan fingerprint density at radius 1 is 1.29 bits per heavy atom. The molecule has 0 spiro atoms. The summed E-state index contributed by atoms with van der Waals surface area (Å²) in [5.41, 5.74) is 2.31. The molecule has 2 atom stereocenters. The molecule has 0 aliphatic carbocycles. The van der Waals surface area contributed by atoms with E-state index in [0.29, 0.717) is 30.0 Å². The van der Waals surface area contributed by atoms with Crippen LogP contribution in [-0.4, -0.2) is 35.7 Å². The number of carbonyl (C=O) groups excluding carboxylic acids is 2. The second kappa shape index (κ2) is 7.90. The Morgan fingerprint density at radius 3 is 2.82 bits per heavy atom. The van der Waals surface area contributed by atoms with Crippen molar-refractivity contribution < 1.29 is 23.5 Å². The summed E-state index contributed by atoms with van der Waals surface area (Å²) in [6, 6.07) is 12.4. The zero-order valence-electron chi connectivity index (χ0n) is 15.6. The summed E-state index contributed by atoms with van der Waals surface area (Å²) >= 11 is 0. The molecular weight excluding hydrogens is 360 g/mol. The van der Waals surface area contributed by atoms with Gasteiger partial charge in [-0.1, -0.05) is 30.3 Å². The smallest absolute Gasteiger partial charge is 0.356 e. The third-order valence-electron chi connectivity index (χ3n) is 4.97. The van der Waals surface area contributed by atoms with Crippen LogP contribution < -0.4 is 5.32 Å². The number of fused-ring (bicyclic) bond motifs is 1. The standard InChI is InChI=1S/C21H22N2O5/c1-23-16-9-11-27-18(16)12-17(23)21(25)28-19(14-6-3-2-4-7-14)20(24)22-13-15-8-5-10-26-15/h2-4,6-7,9,11-12,15,19H,5,8,10,13H2,1H3,(H,22,24)/t15-,19-/m0/s1. The van der Waals surface area contributed by atoms with Crippen molar-refractivity contribution in [3.63, 3.8) is 0 Å². The highest BCUT2D eigenvalue weighted by molar-refractivity contribution is 5.95. The molecule has 7 nitrogen and oxygen atoms in total. The SMILES string of the molecule is Cn1c(C(=O)O[C@H](C(=O)NC[C@@H]2CCCO2)c2ccccc2)cc2occc21. The van der Waals surface area contributed by atoms with E-state index in [1.54, 1.807) is 54.3 Å². The summed E-state index contributed by atoms with van der Waals surface area (Å²) in [4.78, 5) is 25.6. The van der Waals surface area contributed by atoms with Crippen LogP contribution in [0.3, 0.4) is 0 Å². The maximum atomic E-state index is 12.8. The summed E-state index contributed by atoms with van der Waals surface area (Å²) in [5, 5.41) is 2.85. The monoisotopic (exact) mass is 382 g/mol. The third-order valence-corrected chi connectivity index (χ3v) is 4.97. The summed E-state index contributed by atoms with van der Waals surface area (Å²) in [7, 11) is 1.75. The number of rotatable bonds is 6. The zero-order valence-corrected chi connectivity index (χ0v) is 15.6. The highest BCUT2D eigenvalue weighted by Gasteiger charge is 2.28. The number of amides is 1. The van der Waals surface area contributed by atoms with Crippen LogP contribution in [0.1, 0.15) is 35.0 Å². The van der Waals surface area contributed by atoms with E-state index in [0.717, 1.165) is 18.4 Å². The fraction of sp³-hybridized carbons (Fsp3) is 0.333. The lowest BCUT2D eigenvalue weighted by atomic mass is 10.1. The predicted molar refractivity (Wildman–Crippen MR) is 102 cm³/mol. The molecule has 1 N–H and O–H groups in total. The number of aryl methyl sites for hydroxylation is 1. The molecular formula is C21H22N2O5. The van der Waals surface area contributed by atoms with Crippen LogP contribution in [0.4, 0.5) is 0 Å². The number of hydrogen-bond donors (Lipinski definition) is 1. The lowest BCUT2D eigenvalue weighted by Crippen LogP contribution is -2.37. The molecule has 0 bridgehead atoms. The second-order valence-corrected chi connectivity index (χ2v) is 6.83. The van der Waals surface area contributed by atoms with Gasteiger partial charge < -0.3 is 23.8 Å². The van der Waals surface area contributed by atoms with Crippen molar-refractivity contribution in [2.75, 3.05) is 13.2 Å². The lowest BCUT2D eigenvalue weighted by Gasteiger charge is -2.19. The summed E-state index contributed by atoms with van der Waals surface area (Å²) < 4.78 is 18.2. The van der Waals surface area contributed by atoms with Gasteiger partial charge in [0.25, 0.3) is 5.91 Å². The molecule has 0 radical (unpaired) electrons. The van der Waals surface area contributed by atoms with Crippen LogP contribution in [0.25, 0.3) is 11.1 Å². The van der Waals surface area contributed by atoms with E-state index >= 15 is 0 Å². The minimum absolute atomic E-state index is 0.0101. The van der Waals surface area contributed by atoms with Gasteiger partial charge in [0, 0.05) is 37.9 Å². The normalized spacial score (nSPS) is 17.5. The Balaban J connectivity index is 1.52. The molecule has 4 rings (SSSR count). The fourth-order valence-corrected chi connectivity index (χ4v) is 3.43. The van der Waals surface area contributed by atoms with Crippen molar-refractivity contribution in [2.24, 2.45) is 7.05 Å². The van der Waals surface area contributed by atoms with Crippen LogP contribution in [0.5, 0.6) is 0 Å². The molecule has 3 aromatic rings.